The molecule has 1 aromatic carbocycles. The largest absolute Gasteiger partial charge is 0.338 e. The Morgan fingerprint density at radius 3 is 2.32 bits per heavy atom. The topological polar surface area (TPSA) is 88.2 Å². The van der Waals surface area contributed by atoms with E-state index in [0.717, 1.165) is 17.5 Å². The molecule has 6 nitrogen and oxygen atoms in total. The second-order valence-electron chi connectivity index (χ2n) is 6.48. The Hall–Kier alpha value is -2.86. The van der Waals surface area contributed by atoms with Crippen molar-refractivity contribution in [3.8, 4) is 12.1 Å². The average Bonchev–Trinajstić information content (AvgIpc) is 2.59. The lowest BCUT2D eigenvalue weighted by Crippen LogP contribution is -2.47. The molecule has 6 heteroatoms. The maximum Gasteiger partial charge on any atom is 0.253 e. The average molecular weight is 338 g/mol. The predicted molar refractivity (Wildman–Crippen MR) is 92.3 cm³/mol. The van der Waals surface area contributed by atoms with Gasteiger partial charge in [-0.25, -0.2) is 0 Å². The van der Waals surface area contributed by atoms with E-state index in [1.54, 1.807) is 4.90 Å². The molecule has 0 aliphatic carbocycles. The minimum atomic E-state index is -0.356. The number of hydrogen-bond donors (Lipinski definition) is 0. The van der Waals surface area contributed by atoms with Gasteiger partial charge in [0.25, 0.3) is 5.91 Å². The van der Waals surface area contributed by atoms with Gasteiger partial charge in [0.2, 0.25) is 5.91 Å². The standard InChI is InChI=1S/C19H22N4O2/c1-14-10-15(2)12-17(11-14)19(25)23-7-3-4-16(13-23)18(24)22(8-5-20)9-6-21/h10-12,16H,3-4,7-9,13H2,1-2H3. The van der Waals surface area contributed by atoms with Gasteiger partial charge in [0.05, 0.1) is 18.1 Å². The fourth-order valence-corrected chi connectivity index (χ4v) is 3.28. The summed E-state index contributed by atoms with van der Waals surface area (Å²) in [5.74, 6) is -0.650. The summed E-state index contributed by atoms with van der Waals surface area (Å²) >= 11 is 0. The molecular formula is C19H22N4O2. The Balaban J connectivity index is 2.12. The molecule has 2 rings (SSSR count). The van der Waals surface area contributed by atoms with Crippen molar-refractivity contribution in [3.63, 3.8) is 0 Å². The van der Waals surface area contributed by atoms with Crippen LogP contribution in [0.5, 0.6) is 0 Å². The molecule has 1 atom stereocenters. The molecule has 1 heterocycles. The number of carbonyl (C=O) groups is 2. The summed E-state index contributed by atoms with van der Waals surface area (Å²) in [6.07, 6.45) is 1.41. The molecule has 1 aliphatic heterocycles. The van der Waals surface area contributed by atoms with Gasteiger partial charge in [-0.15, -0.1) is 0 Å². The fraction of sp³-hybridized carbons (Fsp3) is 0.474. The highest BCUT2D eigenvalue weighted by molar-refractivity contribution is 5.95. The van der Waals surface area contributed by atoms with E-state index in [2.05, 4.69) is 0 Å². The van der Waals surface area contributed by atoms with E-state index in [1.165, 1.54) is 4.90 Å². The zero-order chi connectivity index (χ0) is 18.4. The van der Waals surface area contributed by atoms with Crippen molar-refractivity contribution in [3.05, 3.63) is 34.9 Å². The van der Waals surface area contributed by atoms with Gasteiger partial charge < -0.3 is 9.80 Å². The van der Waals surface area contributed by atoms with Crippen molar-refractivity contribution in [1.29, 1.82) is 10.5 Å². The van der Waals surface area contributed by atoms with Crippen LogP contribution < -0.4 is 0 Å². The van der Waals surface area contributed by atoms with Crippen LogP contribution in [0, 0.1) is 42.4 Å². The molecule has 130 valence electrons. The number of nitriles is 2. The first-order valence-electron chi connectivity index (χ1n) is 8.36. The number of rotatable bonds is 4. The second kappa shape index (κ2) is 8.30. The van der Waals surface area contributed by atoms with Gasteiger partial charge in [-0.1, -0.05) is 17.2 Å². The van der Waals surface area contributed by atoms with Crippen molar-refractivity contribution in [2.75, 3.05) is 26.2 Å². The Morgan fingerprint density at radius 2 is 1.76 bits per heavy atom. The fourth-order valence-electron chi connectivity index (χ4n) is 3.28. The van der Waals surface area contributed by atoms with Crippen LogP contribution in [0.2, 0.25) is 0 Å². The summed E-state index contributed by atoms with van der Waals surface area (Å²) in [6.45, 7) is 4.65. The number of hydrogen-bond acceptors (Lipinski definition) is 4. The van der Waals surface area contributed by atoms with Crippen LogP contribution >= 0.6 is 0 Å². The van der Waals surface area contributed by atoms with E-state index < -0.39 is 0 Å². The van der Waals surface area contributed by atoms with Crippen molar-refractivity contribution in [1.82, 2.24) is 9.80 Å². The van der Waals surface area contributed by atoms with Crippen LogP contribution in [0.1, 0.15) is 34.3 Å². The normalized spacial score (nSPS) is 16.6. The van der Waals surface area contributed by atoms with Crippen LogP contribution in [0.15, 0.2) is 18.2 Å². The van der Waals surface area contributed by atoms with Gasteiger partial charge in [0.15, 0.2) is 0 Å². The van der Waals surface area contributed by atoms with Gasteiger partial charge in [0.1, 0.15) is 13.1 Å². The summed E-state index contributed by atoms with van der Waals surface area (Å²) in [4.78, 5) is 28.3. The molecule has 0 N–H and O–H groups in total. The molecule has 0 bridgehead atoms. The Morgan fingerprint density at radius 1 is 1.16 bits per heavy atom. The molecule has 2 amide bonds. The molecular weight excluding hydrogens is 316 g/mol. The minimum absolute atomic E-state index is 0.0728. The summed E-state index contributed by atoms with van der Waals surface area (Å²) in [5, 5.41) is 17.7. The molecule has 1 aromatic rings. The van der Waals surface area contributed by atoms with E-state index in [-0.39, 0.29) is 30.8 Å². The third-order valence-corrected chi connectivity index (χ3v) is 4.36. The third-order valence-electron chi connectivity index (χ3n) is 4.36. The van der Waals surface area contributed by atoms with Gasteiger partial charge in [-0.3, -0.25) is 9.59 Å². The number of nitrogens with zero attached hydrogens (tertiary/aromatic N) is 4. The lowest BCUT2D eigenvalue weighted by molar-refractivity contribution is -0.135. The van der Waals surface area contributed by atoms with E-state index >= 15 is 0 Å². The van der Waals surface area contributed by atoms with E-state index in [1.807, 2.05) is 44.2 Å². The zero-order valence-electron chi connectivity index (χ0n) is 14.7. The number of aryl methyl sites for hydroxylation is 2. The van der Waals surface area contributed by atoms with Crippen molar-refractivity contribution >= 4 is 11.8 Å². The number of piperidine rings is 1. The maximum atomic E-state index is 12.8. The number of amides is 2. The molecule has 1 fully saturated rings. The van der Waals surface area contributed by atoms with Crippen LogP contribution in [-0.4, -0.2) is 47.8 Å². The monoisotopic (exact) mass is 338 g/mol. The third kappa shape index (κ3) is 4.58. The number of carbonyl (C=O) groups excluding carboxylic acids is 2. The van der Waals surface area contributed by atoms with Gasteiger partial charge in [-0.2, -0.15) is 10.5 Å². The van der Waals surface area contributed by atoms with E-state index in [9.17, 15) is 9.59 Å². The minimum Gasteiger partial charge on any atom is -0.338 e. The van der Waals surface area contributed by atoms with Crippen LogP contribution in [-0.2, 0) is 4.79 Å². The summed E-state index contributed by atoms with van der Waals surface area (Å²) in [5.41, 5.74) is 2.70. The highest BCUT2D eigenvalue weighted by Crippen LogP contribution is 2.21. The first-order chi connectivity index (χ1) is 12.0. The van der Waals surface area contributed by atoms with Gasteiger partial charge in [-0.05, 0) is 38.8 Å². The molecule has 0 saturated carbocycles. The first kappa shape index (κ1) is 18.5. The molecule has 0 radical (unpaired) electrons. The Bertz CT molecular complexity index is 709. The lowest BCUT2D eigenvalue weighted by atomic mass is 9.95. The van der Waals surface area contributed by atoms with Gasteiger partial charge in [0, 0.05) is 18.7 Å². The van der Waals surface area contributed by atoms with Crippen LogP contribution in [0.25, 0.3) is 0 Å². The number of benzene rings is 1. The smallest absolute Gasteiger partial charge is 0.253 e. The molecule has 0 spiro atoms. The lowest BCUT2D eigenvalue weighted by Gasteiger charge is -2.34. The Kier molecular flexibility index (Phi) is 6.14. The Labute approximate surface area is 148 Å². The van der Waals surface area contributed by atoms with Crippen molar-refractivity contribution in [2.45, 2.75) is 26.7 Å². The molecule has 1 unspecified atom stereocenters. The first-order valence-corrected chi connectivity index (χ1v) is 8.36. The molecule has 1 aliphatic rings. The summed E-state index contributed by atoms with van der Waals surface area (Å²) in [7, 11) is 0. The SMILES string of the molecule is Cc1cc(C)cc(C(=O)N2CCCC(C(=O)N(CC#N)CC#N)C2)c1. The molecule has 1 saturated heterocycles. The summed E-state index contributed by atoms with van der Waals surface area (Å²) < 4.78 is 0. The van der Waals surface area contributed by atoms with Crippen molar-refractivity contribution < 1.29 is 9.59 Å². The molecule has 0 aromatic heterocycles. The van der Waals surface area contributed by atoms with E-state index in [4.69, 9.17) is 10.5 Å². The van der Waals surface area contributed by atoms with E-state index in [0.29, 0.717) is 25.1 Å². The predicted octanol–water partition coefficient (Wildman–Crippen LogP) is 2.03. The highest BCUT2D eigenvalue weighted by Gasteiger charge is 2.31. The maximum absolute atomic E-state index is 12.8. The quantitative estimate of drug-likeness (QED) is 0.786. The molecule has 25 heavy (non-hydrogen) atoms. The van der Waals surface area contributed by atoms with Crippen molar-refractivity contribution in [2.24, 2.45) is 5.92 Å². The number of likely N-dealkylation sites (tertiary alicyclic amines) is 1. The highest BCUT2D eigenvalue weighted by atomic mass is 16.2. The van der Waals surface area contributed by atoms with Gasteiger partial charge >= 0.3 is 0 Å². The van der Waals surface area contributed by atoms with Crippen LogP contribution in [0.4, 0.5) is 0 Å². The summed E-state index contributed by atoms with van der Waals surface area (Å²) in [6, 6.07) is 9.57. The second-order valence-corrected chi connectivity index (χ2v) is 6.48. The van der Waals surface area contributed by atoms with Crippen LogP contribution in [0.3, 0.4) is 0 Å². The zero-order valence-corrected chi connectivity index (χ0v) is 14.7.